The van der Waals surface area contributed by atoms with Gasteiger partial charge in [0, 0.05) is 16.5 Å². The van der Waals surface area contributed by atoms with E-state index in [0.29, 0.717) is 24.6 Å². The first-order chi connectivity index (χ1) is 13.2. The number of nitrogens with zero attached hydrogens (tertiary/aromatic N) is 2. The lowest BCUT2D eigenvalue weighted by Gasteiger charge is -2.18. The minimum atomic E-state index is 0.539. The number of ether oxygens (including phenoxy) is 2. The van der Waals surface area contributed by atoms with Crippen LogP contribution in [0, 0.1) is 6.92 Å². The molecule has 0 saturated heterocycles. The molecule has 4 aromatic rings. The average molecular weight is 376 g/mol. The molecule has 0 bridgehead atoms. The Hall–Kier alpha value is -3.12. The zero-order chi connectivity index (χ0) is 18.4. The topological polar surface area (TPSA) is 52.8 Å². The maximum atomic E-state index is 12.0. The van der Waals surface area contributed by atoms with E-state index in [0.717, 1.165) is 39.6 Å². The van der Waals surface area contributed by atoms with Crippen molar-refractivity contribution in [2.75, 3.05) is 13.2 Å². The van der Waals surface area contributed by atoms with Crippen molar-refractivity contribution in [2.24, 2.45) is 0 Å². The molecule has 0 fully saturated rings. The lowest BCUT2D eigenvalue weighted by Crippen LogP contribution is -2.15. The number of thiazole rings is 1. The first kappa shape index (κ1) is 16.1. The second kappa shape index (κ2) is 6.25. The van der Waals surface area contributed by atoms with Crippen LogP contribution in [0.1, 0.15) is 16.1 Å². The summed E-state index contributed by atoms with van der Waals surface area (Å²) in [5, 5.41) is 2.01. The highest BCUT2D eigenvalue weighted by Gasteiger charge is 2.20. The number of hydrogen-bond donors (Lipinski definition) is 0. The van der Waals surface area contributed by atoms with E-state index in [1.807, 2.05) is 59.2 Å². The number of aldehydes is 1. The van der Waals surface area contributed by atoms with Crippen LogP contribution < -0.4 is 9.47 Å². The Kier molecular flexibility index (Phi) is 3.72. The predicted molar refractivity (Wildman–Crippen MR) is 105 cm³/mol. The number of carbonyl (C=O) groups excluding carboxylic acids is 1. The summed E-state index contributed by atoms with van der Waals surface area (Å²) in [5.74, 6) is 1.47. The molecule has 0 atom stereocenters. The van der Waals surface area contributed by atoms with Gasteiger partial charge in [0.05, 0.1) is 5.69 Å². The SMILES string of the molecule is Cc1ccc(-c2nc3scc(-c4ccc5c(c4)OCCO5)n3c2C=O)cc1. The summed E-state index contributed by atoms with van der Waals surface area (Å²) in [7, 11) is 0. The summed E-state index contributed by atoms with van der Waals surface area (Å²) in [6, 6.07) is 13.9. The Morgan fingerprint density at radius 3 is 2.56 bits per heavy atom. The van der Waals surface area contributed by atoms with Crippen LogP contribution in [-0.4, -0.2) is 28.9 Å². The van der Waals surface area contributed by atoms with E-state index in [2.05, 4.69) is 0 Å². The summed E-state index contributed by atoms with van der Waals surface area (Å²) >= 11 is 1.52. The van der Waals surface area contributed by atoms with Crippen molar-refractivity contribution in [1.29, 1.82) is 0 Å². The van der Waals surface area contributed by atoms with Crippen LogP contribution in [0.5, 0.6) is 11.5 Å². The molecule has 134 valence electrons. The fourth-order valence-electron chi connectivity index (χ4n) is 3.32. The van der Waals surface area contributed by atoms with E-state index in [4.69, 9.17) is 14.5 Å². The smallest absolute Gasteiger partial charge is 0.195 e. The molecule has 0 saturated carbocycles. The molecule has 0 aliphatic carbocycles. The second-order valence-corrected chi connectivity index (χ2v) is 7.26. The molecule has 27 heavy (non-hydrogen) atoms. The van der Waals surface area contributed by atoms with Crippen molar-refractivity contribution in [2.45, 2.75) is 6.92 Å². The summed E-state index contributed by atoms with van der Waals surface area (Å²) in [4.78, 5) is 17.5. The van der Waals surface area contributed by atoms with Gasteiger partial charge in [0.1, 0.15) is 24.6 Å². The van der Waals surface area contributed by atoms with Crippen LogP contribution in [0.2, 0.25) is 0 Å². The molecule has 3 heterocycles. The van der Waals surface area contributed by atoms with Gasteiger partial charge in [0.15, 0.2) is 22.7 Å². The molecule has 5 nitrogen and oxygen atoms in total. The highest BCUT2D eigenvalue weighted by atomic mass is 32.1. The quantitative estimate of drug-likeness (QED) is 0.490. The number of aromatic nitrogens is 2. The Balaban J connectivity index is 1.68. The van der Waals surface area contributed by atoms with Gasteiger partial charge in [0.2, 0.25) is 0 Å². The van der Waals surface area contributed by atoms with Crippen molar-refractivity contribution < 1.29 is 14.3 Å². The second-order valence-electron chi connectivity index (χ2n) is 6.43. The van der Waals surface area contributed by atoms with E-state index in [9.17, 15) is 4.79 Å². The van der Waals surface area contributed by atoms with Gasteiger partial charge in [-0.05, 0) is 25.1 Å². The lowest BCUT2D eigenvalue weighted by atomic mass is 10.1. The number of fused-ring (bicyclic) bond motifs is 2. The van der Waals surface area contributed by atoms with Crippen LogP contribution in [0.25, 0.3) is 27.5 Å². The third kappa shape index (κ3) is 2.61. The Labute approximate surface area is 159 Å². The highest BCUT2D eigenvalue weighted by molar-refractivity contribution is 7.15. The van der Waals surface area contributed by atoms with Gasteiger partial charge in [-0.2, -0.15) is 0 Å². The van der Waals surface area contributed by atoms with E-state index in [1.54, 1.807) is 0 Å². The van der Waals surface area contributed by atoms with E-state index in [1.165, 1.54) is 16.9 Å². The highest BCUT2D eigenvalue weighted by Crippen LogP contribution is 2.37. The molecule has 0 unspecified atom stereocenters. The average Bonchev–Trinajstić information content (AvgIpc) is 3.27. The summed E-state index contributed by atoms with van der Waals surface area (Å²) < 4.78 is 13.2. The van der Waals surface area contributed by atoms with Crippen molar-refractivity contribution in [3.63, 3.8) is 0 Å². The summed E-state index contributed by atoms with van der Waals surface area (Å²) in [6.07, 6.45) is 0.878. The predicted octanol–water partition coefficient (Wildman–Crippen LogP) is 4.62. The Morgan fingerprint density at radius 2 is 1.78 bits per heavy atom. The lowest BCUT2D eigenvalue weighted by molar-refractivity contribution is 0.111. The normalized spacial score (nSPS) is 13.1. The van der Waals surface area contributed by atoms with Crippen molar-refractivity contribution in [3.05, 3.63) is 59.1 Å². The third-order valence-electron chi connectivity index (χ3n) is 4.67. The summed E-state index contributed by atoms with van der Waals surface area (Å²) in [5.41, 5.74) is 5.24. The van der Waals surface area contributed by atoms with Gasteiger partial charge < -0.3 is 9.47 Å². The van der Waals surface area contributed by atoms with Crippen LogP contribution >= 0.6 is 11.3 Å². The van der Waals surface area contributed by atoms with Gasteiger partial charge in [-0.15, -0.1) is 11.3 Å². The first-order valence-corrected chi connectivity index (χ1v) is 9.55. The van der Waals surface area contributed by atoms with Gasteiger partial charge >= 0.3 is 0 Å². The molecule has 2 aromatic heterocycles. The van der Waals surface area contributed by atoms with Crippen LogP contribution in [0.3, 0.4) is 0 Å². The number of rotatable bonds is 3. The molecule has 5 rings (SSSR count). The van der Waals surface area contributed by atoms with Crippen molar-refractivity contribution in [1.82, 2.24) is 9.38 Å². The minimum Gasteiger partial charge on any atom is -0.486 e. The molecule has 2 aromatic carbocycles. The molecular formula is C21H16N2O3S. The van der Waals surface area contributed by atoms with Gasteiger partial charge in [-0.3, -0.25) is 9.20 Å². The monoisotopic (exact) mass is 376 g/mol. The molecule has 0 spiro atoms. The minimum absolute atomic E-state index is 0.539. The molecule has 0 radical (unpaired) electrons. The van der Waals surface area contributed by atoms with Gasteiger partial charge in [-0.1, -0.05) is 29.8 Å². The van der Waals surface area contributed by atoms with Crippen LogP contribution in [0.15, 0.2) is 47.8 Å². The number of imidazole rings is 1. The Morgan fingerprint density at radius 1 is 1.04 bits per heavy atom. The fraction of sp³-hybridized carbons (Fsp3) is 0.143. The fourth-order valence-corrected chi connectivity index (χ4v) is 4.22. The Bertz CT molecular complexity index is 1160. The zero-order valence-electron chi connectivity index (χ0n) is 14.6. The summed E-state index contributed by atoms with van der Waals surface area (Å²) in [6.45, 7) is 3.14. The number of benzene rings is 2. The van der Waals surface area contributed by atoms with E-state index in [-0.39, 0.29) is 0 Å². The van der Waals surface area contributed by atoms with Gasteiger partial charge in [0.25, 0.3) is 0 Å². The number of aryl methyl sites for hydroxylation is 1. The van der Waals surface area contributed by atoms with Crippen molar-refractivity contribution in [3.8, 4) is 34.0 Å². The van der Waals surface area contributed by atoms with Gasteiger partial charge in [-0.25, -0.2) is 4.98 Å². The standard InChI is InChI=1S/C21H16N2O3S/c1-13-2-4-14(5-3-13)20-16(11-24)23-17(12-27-21(23)22-20)15-6-7-18-19(10-15)26-9-8-25-18/h2-7,10-12H,8-9H2,1H3. The number of hydrogen-bond acceptors (Lipinski definition) is 5. The molecular weight excluding hydrogens is 360 g/mol. The maximum absolute atomic E-state index is 12.0. The van der Waals surface area contributed by atoms with E-state index >= 15 is 0 Å². The maximum Gasteiger partial charge on any atom is 0.195 e. The van der Waals surface area contributed by atoms with E-state index < -0.39 is 0 Å². The molecule has 6 heteroatoms. The molecule has 1 aliphatic heterocycles. The third-order valence-corrected chi connectivity index (χ3v) is 5.50. The molecule has 0 N–H and O–H groups in total. The zero-order valence-corrected chi connectivity index (χ0v) is 15.5. The van der Waals surface area contributed by atoms with Crippen molar-refractivity contribution >= 4 is 22.6 Å². The first-order valence-electron chi connectivity index (χ1n) is 8.67. The van der Waals surface area contributed by atoms with Crippen LogP contribution in [-0.2, 0) is 0 Å². The molecule has 0 amide bonds. The largest absolute Gasteiger partial charge is 0.486 e. The van der Waals surface area contributed by atoms with Crippen LogP contribution in [0.4, 0.5) is 0 Å². The molecule has 1 aliphatic rings. The number of carbonyl (C=O) groups is 1.